The first-order valence-corrected chi connectivity index (χ1v) is 6.77. The zero-order chi connectivity index (χ0) is 15.6. The number of nitrogens with two attached hydrogens (primary N) is 1. The quantitative estimate of drug-likeness (QED) is 0.753. The van der Waals surface area contributed by atoms with Gasteiger partial charge in [-0.25, -0.2) is 0 Å². The van der Waals surface area contributed by atoms with Crippen LogP contribution in [0.15, 0.2) is 24.3 Å². The van der Waals surface area contributed by atoms with Gasteiger partial charge in [-0.05, 0) is 25.1 Å². The van der Waals surface area contributed by atoms with Crippen LogP contribution in [0.4, 0.5) is 17.2 Å². The maximum absolute atomic E-state index is 11.1. The molecule has 0 fully saturated rings. The molecule has 0 aliphatic heterocycles. The van der Waals surface area contributed by atoms with Crippen LogP contribution in [-0.2, 0) is 11.8 Å². The van der Waals surface area contributed by atoms with Gasteiger partial charge in [-0.1, -0.05) is 18.3 Å². The first-order valence-electron chi connectivity index (χ1n) is 6.36. The van der Waals surface area contributed by atoms with E-state index in [1.54, 1.807) is 4.68 Å². The fraction of sp³-hybridized carbons (Fsp3) is 0.214. The van der Waals surface area contributed by atoms with Gasteiger partial charge >= 0.3 is 0 Å². The SMILES string of the molecule is CC(=O)Nc1cccc(Nc2c(C(N)=S)c(C)nn2C)c1. The molecule has 6 nitrogen and oxygen atoms in total. The number of hydrogen-bond donors (Lipinski definition) is 3. The number of benzene rings is 1. The molecule has 0 saturated heterocycles. The van der Waals surface area contributed by atoms with Crippen LogP contribution in [0.3, 0.4) is 0 Å². The second-order valence-corrected chi connectivity index (χ2v) is 5.12. The Labute approximate surface area is 128 Å². The number of rotatable bonds is 4. The number of carbonyl (C=O) groups is 1. The summed E-state index contributed by atoms with van der Waals surface area (Å²) < 4.78 is 1.69. The maximum atomic E-state index is 11.1. The highest BCUT2D eigenvalue weighted by Gasteiger charge is 2.15. The minimum Gasteiger partial charge on any atom is -0.389 e. The van der Waals surface area contributed by atoms with Crippen molar-refractivity contribution in [1.29, 1.82) is 0 Å². The van der Waals surface area contributed by atoms with E-state index >= 15 is 0 Å². The van der Waals surface area contributed by atoms with E-state index in [9.17, 15) is 4.79 Å². The van der Waals surface area contributed by atoms with Crippen molar-refractivity contribution in [2.24, 2.45) is 12.8 Å². The van der Waals surface area contributed by atoms with Crippen molar-refractivity contribution in [3.05, 3.63) is 35.5 Å². The Morgan fingerprint density at radius 1 is 1.38 bits per heavy atom. The Bertz CT molecular complexity index is 707. The molecule has 0 aliphatic carbocycles. The number of nitrogens with one attached hydrogen (secondary N) is 2. The fourth-order valence-electron chi connectivity index (χ4n) is 2.11. The van der Waals surface area contributed by atoms with Crippen molar-refractivity contribution in [1.82, 2.24) is 9.78 Å². The third-order valence-electron chi connectivity index (χ3n) is 2.91. The number of anilines is 3. The molecule has 1 aromatic carbocycles. The van der Waals surface area contributed by atoms with Crippen molar-refractivity contribution in [2.45, 2.75) is 13.8 Å². The highest BCUT2D eigenvalue weighted by molar-refractivity contribution is 7.80. The lowest BCUT2D eigenvalue weighted by molar-refractivity contribution is -0.114. The van der Waals surface area contributed by atoms with Gasteiger partial charge in [0, 0.05) is 25.3 Å². The van der Waals surface area contributed by atoms with Gasteiger partial charge in [0.15, 0.2) is 0 Å². The van der Waals surface area contributed by atoms with E-state index in [0.29, 0.717) is 10.7 Å². The second kappa shape index (κ2) is 5.92. The molecule has 0 spiro atoms. The molecule has 0 bridgehead atoms. The third-order valence-corrected chi connectivity index (χ3v) is 3.12. The van der Waals surface area contributed by atoms with Gasteiger partial charge in [0.05, 0.1) is 11.3 Å². The summed E-state index contributed by atoms with van der Waals surface area (Å²) in [5.41, 5.74) is 8.77. The Morgan fingerprint density at radius 3 is 2.67 bits per heavy atom. The first kappa shape index (κ1) is 15.0. The summed E-state index contributed by atoms with van der Waals surface area (Å²) in [6.07, 6.45) is 0. The van der Waals surface area contributed by atoms with Gasteiger partial charge in [-0.2, -0.15) is 5.10 Å². The molecular formula is C14H17N5OS. The lowest BCUT2D eigenvalue weighted by atomic mass is 10.2. The summed E-state index contributed by atoms with van der Waals surface area (Å²) in [6.45, 7) is 3.32. The van der Waals surface area contributed by atoms with E-state index in [4.69, 9.17) is 18.0 Å². The molecule has 1 amide bonds. The number of hydrogen-bond acceptors (Lipinski definition) is 4. The monoisotopic (exact) mass is 303 g/mol. The van der Waals surface area contributed by atoms with Crippen LogP contribution in [0, 0.1) is 6.92 Å². The van der Waals surface area contributed by atoms with Crippen molar-refractivity contribution in [3.63, 3.8) is 0 Å². The molecule has 7 heteroatoms. The van der Waals surface area contributed by atoms with E-state index in [-0.39, 0.29) is 5.91 Å². The summed E-state index contributed by atoms with van der Waals surface area (Å²) in [5.74, 6) is 0.604. The van der Waals surface area contributed by atoms with Crippen LogP contribution in [0.25, 0.3) is 0 Å². The molecule has 2 rings (SSSR count). The molecule has 0 aliphatic rings. The Balaban J connectivity index is 2.34. The molecule has 110 valence electrons. The summed E-state index contributed by atoms with van der Waals surface area (Å²) in [5, 5.41) is 10.3. The largest absolute Gasteiger partial charge is 0.389 e. The summed E-state index contributed by atoms with van der Waals surface area (Å²) in [4.78, 5) is 11.4. The molecule has 0 unspecified atom stereocenters. The average Bonchev–Trinajstić information content (AvgIpc) is 2.63. The fourth-order valence-corrected chi connectivity index (χ4v) is 2.36. The summed E-state index contributed by atoms with van der Waals surface area (Å²) in [7, 11) is 1.81. The van der Waals surface area contributed by atoms with Crippen molar-refractivity contribution in [2.75, 3.05) is 10.6 Å². The number of aromatic nitrogens is 2. The predicted molar refractivity (Wildman–Crippen MR) is 87.9 cm³/mol. The average molecular weight is 303 g/mol. The van der Waals surface area contributed by atoms with Gasteiger partial charge in [0.2, 0.25) is 5.91 Å². The number of amides is 1. The van der Waals surface area contributed by atoms with Gasteiger partial charge in [-0.3, -0.25) is 9.48 Å². The van der Waals surface area contributed by atoms with Crippen molar-refractivity contribution in [3.8, 4) is 0 Å². The zero-order valence-corrected chi connectivity index (χ0v) is 12.9. The van der Waals surface area contributed by atoms with E-state index in [0.717, 1.165) is 22.8 Å². The predicted octanol–water partition coefficient (Wildman–Crippen LogP) is 2.06. The molecule has 1 aromatic heterocycles. The molecule has 21 heavy (non-hydrogen) atoms. The minimum absolute atomic E-state index is 0.118. The molecule has 4 N–H and O–H groups in total. The van der Waals surface area contributed by atoms with Crippen LogP contribution < -0.4 is 16.4 Å². The minimum atomic E-state index is -0.118. The Hall–Kier alpha value is -2.41. The van der Waals surface area contributed by atoms with Crippen LogP contribution >= 0.6 is 12.2 Å². The van der Waals surface area contributed by atoms with Crippen LogP contribution in [-0.4, -0.2) is 20.7 Å². The zero-order valence-electron chi connectivity index (χ0n) is 12.1. The van der Waals surface area contributed by atoms with Crippen molar-refractivity contribution < 1.29 is 4.79 Å². The van der Waals surface area contributed by atoms with Gasteiger partial charge in [0.1, 0.15) is 10.8 Å². The highest BCUT2D eigenvalue weighted by Crippen LogP contribution is 2.24. The highest BCUT2D eigenvalue weighted by atomic mass is 32.1. The molecule has 0 radical (unpaired) electrons. The van der Waals surface area contributed by atoms with Crippen LogP contribution in [0.2, 0.25) is 0 Å². The Kier molecular flexibility index (Phi) is 4.23. The lowest BCUT2D eigenvalue weighted by Gasteiger charge is -2.11. The smallest absolute Gasteiger partial charge is 0.221 e. The number of nitrogens with zero attached hydrogens (tertiary/aromatic N) is 2. The summed E-state index contributed by atoms with van der Waals surface area (Å²) >= 11 is 5.08. The van der Waals surface area contributed by atoms with E-state index in [2.05, 4.69) is 15.7 Å². The van der Waals surface area contributed by atoms with Gasteiger partial charge in [0.25, 0.3) is 0 Å². The first-order chi connectivity index (χ1) is 9.88. The number of thiocarbonyl (C=S) groups is 1. The molecule has 2 aromatic rings. The van der Waals surface area contributed by atoms with E-state index in [1.165, 1.54) is 6.92 Å². The van der Waals surface area contributed by atoms with Gasteiger partial charge < -0.3 is 16.4 Å². The van der Waals surface area contributed by atoms with Crippen LogP contribution in [0.5, 0.6) is 0 Å². The Morgan fingerprint density at radius 2 is 2.05 bits per heavy atom. The van der Waals surface area contributed by atoms with E-state index in [1.807, 2.05) is 38.2 Å². The normalized spacial score (nSPS) is 10.2. The van der Waals surface area contributed by atoms with E-state index < -0.39 is 0 Å². The second-order valence-electron chi connectivity index (χ2n) is 4.68. The molecule has 1 heterocycles. The lowest BCUT2D eigenvalue weighted by Crippen LogP contribution is -2.13. The molecule has 0 saturated carbocycles. The standard InChI is InChI=1S/C14H17N5OS/c1-8-12(13(15)21)14(19(3)18-8)17-11-6-4-5-10(7-11)16-9(2)20/h4-7,17H,1-3H3,(H2,15,21)(H,16,20). The summed E-state index contributed by atoms with van der Waals surface area (Å²) in [6, 6.07) is 7.37. The topological polar surface area (TPSA) is 85.0 Å². The van der Waals surface area contributed by atoms with Crippen LogP contribution in [0.1, 0.15) is 18.2 Å². The number of carbonyl (C=O) groups excluding carboxylic acids is 1. The molecule has 0 atom stereocenters. The molecular weight excluding hydrogens is 286 g/mol. The maximum Gasteiger partial charge on any atom is 0.221 e. The van der Waals surface area contributed by atoms with Crippen molar-refractivity contribution >= 4 is 40.3 Å². The third kappa shape index (κ3) is 3.38. The number of aryl methyl sites for hydroxylation is 2. The van der Waals surface area contributed by atoms with Gasteiger partial charge in [-0.15, -0.1) is 0 Å².